The van der Waals surface area contributed by atoms with Crippen LogP contribution in [0, 0.1) is 11.8 Å². The highest BCUT2D eigenvalue weighted by Gasteiger charge is 2.28. The Hall–Kier alpha value is -2.08. The average Bonchev–Trinajstić information content (AvgIpc) is 3.20. The van der Waals surface area contributed by atoms with Crippen LogP contribution in [0.1, 0.15) is 32.1 Å². The van der Waals surface area contributed by atoms with Crippen LogP contribution in [0.25, 0.3) is 0 Å². The van der Waals surface area contributed by atoms with Gasteiger partial charge in [0.05, 0.1) is 12.8 Å². The smallest absolute Gasteiger partial charge is 0.227 e. The van der Waals surface area contributed by atoms with Crippen molar-refractivity contribution in [3.63, 3.8) is 0 Å². The van der Waals surface area contributed by atoms with Crippen LogP contribution in [0.2, 0.25) is 0 Å². The SMILES string of the molecule is COc1ccccc1NC(=O)C1CCN(C(=O)CCC2CCNC2)CC1. The van der Waals surface area contributed by atoms with Crippen LogP contribution in [0.5, 0.6) is 5.75 Å². The van der Waals surface area contributed by atoms with Crippen molar-refractivity contribution in [3.8, 4) is 5.75 Å². The number of methoxy groups -OCH3 is 1. The molecule has 0 spiro atoms. The van der Waals surface area contributed by atoms with Crippen LogP contribution in [-0.4, -0.2) is 50.0 Å². The number of hydrogen-bond donors (Lipinski definition) is 2. The van der Waals surface area contributed by atoms with E-state index in [-0.39, 0.29) is 17.7 Å². The third-order valence-corrected chi connectivity index (χ3v) is 5.51. The summed E-state index contributed by atoms with van der Waals surface area (Å²) in [6.07, 6.45) is 4.22. The summed E-state index contributed by atoms with van der Waals surface area (Å²) in [6.45, 7) is 3.46. The number of piperidine rings is 1. The topological polar surface area (TPSA) is 70.7 Å². The van der Waals surface area contributed by atoms with E-state index in [1.807, 2.05) is 29.2 Å². The second-order valence-electron chi connectivity index (χ2n) is 7.24. The zero-order valence-electron chi connectivity index (χ0n) is 15.5. The van der Waals surface area contributed by atoms with Crippen molar-refractivity contribution in [2.75, 3.05) is 38.6 Å². The second-order valence-corrected chi connectivity index (χ2v) is 7.24. The lowest BCUT2D eigenvalue weighted by atomic mass is 9.95. The maximum Gasteiger partial charge on any atom is 0.227 e. The number of carbonyl (C=O) groups is 2. The van der Waals surface area contributed by atoms with Crippen molar-refractivity contribution < 1.29 is 14.3 Å². The molecule has 0 aromatic heterocycles. The van der Waals surface area contributed by atoms with Crippen LogP contribution in [0.4, 0.5) is 5.69 Å². The molecule has 3 rings (SSSR count). The Morgan fingerprint density at radius 3 is 2.69 bits per heavy atom. The van der Waals surface area contributed by atoms with Gasteiger partial charge in [-0.1, -0.05) is 12.1 Å². The van der Waals surface area contributed by atoms with Gasteiger partial charge >= 0.3 is 0 Å². The molecule has 6 heteroatoms. The predicted molar refractivity (Wildman–Crippen MR) is 101 cm³/mol. The van der Waals surface area contributed by atoms with Crippen LogP contribution in [0.15, 0.2) is 24.3 Å². The Balaban J connectivity index is 1.43. The molecule has 2 saturated heterocycles. The summed E-state index contributed by atoms with van der Waals surface area (Å²) in [5.74, 6) is 1.50. The molecule has 1 aromatic carbocycles. The highest BCUT2D eigenvalue weighted by Crippen LogP contribution is 2.26. The van der Waals surface area contributed by atoms with Crippen molar-refractivity contribution in [1.29, 1.82) is 0 Å². The van der Waals surface area contributed by atoms with Gasteiger partial charge in [0.25, 0.3) is 0 Å². The first-order chi connectivity index (χ1) is 12.7. The molecule has 2 aliphatic rings. The molecule has 0 radical (unpaired) electrons. The molecule has 2 fully saturated rings. The number of anilines is 1. The van der Waals surface area contributed by atoms with Gasteiger partial charge in [-0.15, -0.1) is 0 Å². The van der Waals surface area contributed by atoms with Gasteiger partial charge in [-0.2, -0.15) is 0 Å². The average molecular weight is 359 g/mol. The number of rotatable bonds is 6. The largest absolute Gasteiger partial charge is 0.495 e. The Bertz CT molecular complexity index is 620. The Morgan fingerprint density at radius 2 is 2.00 bits per heavy atom. The van der Waals surface area contributed by atoms with Gasteiger partial charge in [-0.05, 0) is 56.8 Å². The second kappa shape index (κ2) is 9.03. The van der Waals surface area contributed by atoms with E-state index < -0.39 is 0 Å². The number of para-hydroxylation sites is 2. The lowest BCUT2D eigenvalue weighted by Gasteiger charge is -2.31. The predicted octanol–water partition coefficient (Wildman–Crippen LogP) is 2.26. The fourth-order valence-corrected chi connectivity index (χ4v) is 3.82. The lowest BCUT2D eigenvalue weighted by molar-refractivity contribution is -0.134. The molecule has 2 amide bonds. The summed E-state index contributed by atoms with van der Waals surface area (Å²) in [5.41, 5.74) is 0.698. The standard InChI is InChI=1S/C20H29N3O3/c1-26-18-5-3-2-4-17(18)22-20(25)16-9-12-23(13-10-16)19(24)7-6-15-8-11-21-14-15/h2-5,15-16,21H,6-14H2,1H3,(H,22,25). The van der Waals surface area contributed by atoms with Crippen molar-refractivity contribution in [1.82, 2.24) is 10.2 Å². The number of carbonyl (C=O) groups excluding carboxylic acids is 2. The van der Waals surface area contributed by atoms with Gasteiger partial charge in [0.1, 0.15) is 5.75 Å². The normalized spacial score (nSPS) is 20.8. The maximum absolute atomic E-state index is 12.5. The van der Waals surface area contributed by atoms with Gasteiger partial charge in [-0.3, -0.25) is 9.59 Å². The fourth-order valence-electron chi connectivity index (χ4n) is 3.82. The fraction of sp³-hybridized carbons (Fsp3) is 0.600. The molecule has 2 N–H and O–H groups in total. The van der Waals surface area contributed by atoms with E-state index in [1.165, 1.54) is 6.42 Å². The molecule has 26 heavy (non-hydrogen) atoms. The molecular weight excluding hydrogens is 330 g/mol. The Kier molecular flexibility index (Phi) is 6.50. The van der Waals surface area contributed by atoms with Crippen LogP contribution in [-0.2, 0) is 9.59 Å². The molecule has 6 nitrogen and oxygen atoms in total. The molecule has 0 bridgehead atoms. The molecule has 2 aliphatic heterocycles. The van der Waals surface area contributed by atoms with Crippen LogP contribution < -0.4 is 15.4 Å². The zero-order chi connectivity index (χ0) is 18.4. The van der Waals surface area contributed by atoms with Gasteiger partial charge in [-0.25, -0.2) is 0 Å². The van der Waals surface area contributed by atoms with Gasteiger partial charge in [0.15, 0.2) is 0 Å². The minimum Gasteiger partial charge on any atom is -0.495 e. The van der Waals surface area contributed by atoms with E-state index in [9.17, 15) is 9.59 Å². The number of likely N-dealkylation sites (tertiary alicyclic amines) is 1. The number of ether oxygens (including phenoxy) is 1. The van der Waals surface area contributed by atoms with Gasteiger partial charge < -0.3 is 20.3 Å². The van der Waals surface area contributed by atoms with Crippen molar-refractivity contribution >= 4 is 17.5 Å². The number of nitrogens with zero attached hydrogens (tertiary/aromatic N) is 1. The summed E-state index contributed by atoms with van der Waals surface area (Å²) in [4.78, 5) is 26.9. The molecule has 0 aliphatic carbocycles. The summed E-state index contributed by atoms with van der Waals surface area (Å²) in [5, 5.41) is 6.31. The number of amides is 2. The van der Waals surface area contributed by atoms with E-state index in [1.54, 1.807) is 7.11 Å². The third kappa shape index (κ3) is 4.75. The molecule has 1 aromatic rings. The minimum atomic E-state index is -0.0528. The number of benzene rings is 1. The van der Waals surface area contributed by atoms with Crippen LogP contribution >= 0.6 is 0 Å². The van der Waals surface area contributed by atoms with Crippen molar-refractivity contribution in [2.45, 2.75) is 32.1 Å². The first kappa shape index (κ1) is 18.7. The summed E-state index contributed by atoms with van der Waals surface area (Å²) in [6, 6.07) is 7.42. The van der Waals surface area contributed by atoms with E-state index in [0.29, 0.717) is 36.9 Å². The van der Waals surface area contributed by atoms with Crippen molar-refractivity contribution in [2.24, 2.45) is 11.8 Å². The molecule has 142 valence electrons. The quantitative estimate of drug-likeness (QED) is 0.817. The van der Waals surface area contributed by atoms with Crippen LogP contribution in [0.3, 0.4) is 0 Å². The van der Waals surface area contributed by atoms with E-state index >= 15 is 0 Å². The highest BCUT2D eigenvalue weighted by molar-refractivity contribution is 5.94. The number of nitrogens with one attached hydrogen (secondary N) is 2. The summed E-state index contributed by atoms with van der Waals surface area (Å²) in [7, 11) is 1.59. The Labute approximate surface area is 155 Å². The van der Waals surface area contributed by atoms with E-state index in [2.05, 4.69) is 10.6 Å². The molecule has 2 heterocycles. The van der Waals surface area contributed by atoms with Gasteiger partial charge in [0, 0.05) is 25.4 Å². The summed E-state index contributed by atoms with van der Waals surface area (Å²) < 4.78 is 5.28. The highest BCUT2D eigenvalue weighted by atomic mass is 16.5. The minimum absolute atomic E-state index is 0.0126. The maximum atomic E-state index is 12.5. The first-order valence-corrected chi connectivity index (χ1v) is 9.59. The third-order valence-electron chi connectivity index (χ3n) is 5.51. The summed E-state index contributed by atoms with van der Waals surface area (Å²) >= 11 is 0. The molecular formula is C20H29N3O3. The van der Waals surface area contributed by atoms with Gasteiger partial charge in [0.2, 0.25) is 11.8 Å². The van der Waals surface area contributed by atoms with E-state index in [4.69, 9.17) is 4.74 Å². The number of hydrogen-bond acceptors (Lipinski definition) is 4. The van der Waals surface area contributed by atoms with Crippen molar-refractivity contribution in [3.05, 3.63) is 24.3 Å². The monoisotopic (exact) mass is 359 g/mol. The molecule has 1 unspecified atom stereocenters. The first-order valence-electron chi connectivity index (χ1n) is 9.59. The lowest BCUT2D eigenvalue weighted by Crippen LogP contribution is -2.41. The van der Waals surface area contributed by atoms with E-state index in [0.717, 1.165) is 32.4 Å². The Morgan fingerprint density at radius 1 is 1.23 bits per heavy atom. The zero-order valence-corrected chi connectivity index (χ0v) is 15.5. The molecule has 0 saturated carbocycles. The molecule has 1 atom stereocenters.